The third-order valence-electron chi connectivity index (χ3n) is 3.54. The second kappa shape index (κ2) is 6.40. The molecule has 0 unspecified atom stereocenters. The van der Waals surface area contributed by atoms with Crippen LogP contribution in [0.5, 0.6) is 0 Å². The number of amides is 4. The van der Waals surface area contributed by atoms with Crippen LogP contribution < -0.4 is 11.1 Å². The maximum Gasteiger partial charge on any atom is 0.318 e. The minimum Gasteiger partial charge on any atom is -0.472 e. The summed E-state index contributed by atoms with van der Waals surface area (Å²) >= 11 is 0. The average molecular weight is 294 g/mol. The first-order valence-corrected chi connectivity index (χ1v) is 6.65. The second-order valence-electron chi connectivity index (χ2n) is 4.87. The molecule has 0 aliphatic carbocycles. The van der Waals surface area contributed by atoms with Crippen molar-refractivity contribution in [3.05, 3.63) is 24.2 Å². The molecule has 0 aromatic carbocycles. The summed E-state index contributed by atoms with van der Waals surface area (Å²) in [6, 6.07) is 0.293. The van der Waals surface area contributed by atoms with Crippen LogP contribution in [0.2, 0.25) is 0 Å². The second-order valence-corrected chi connectivity index (χ2v) is 4.87. The summed E-state index contributed by atoms with van der Waals surface area (Å²) in [4.78, 5) is 38.1. The molecule has 1 aromatic rings. The largest absolute Gasteiger partial charge is 0.472 e. The Morgan fingerprint density at radius 3 is 2.48 bits per heavy atom. The van der Waals surface area contributed by atoms with Crippen molar-refractivity contribution in [2.45, 2.75) is 13.0 Å². The molecule has 0 saturated carbocycles. The monoisotopic (exact) mass is 294 g/mol. The zero-order chi connectivity index (χ0) is 15.4. The summed E-state index contributed by atoms with van der Waals surface area (Å²) in [5, 5.41) is 2.06. The van der Waals surface area contributed by atoms with E-state index in [1.165, 1.54) is 12.5 Å². The van der Waals surface area contributed by atoms with E-state index in [0.29, 0.717) is 31.7 Å². The van der Waals surface area contributed by atoms with Gasteiger partial charge in [-0.25, -0.2) is 4.79 Å². The molecule has 2 rings (SSSR count). The molecule has 3 N–H and O–H groups in total. The van der Waals surface area contributed by atoms with Crippen molar-refractivity contribution < 1.29 is 18.8 Å². The normalized spacial score (nSPS) is 17.3. The number of imide groups is 1. The molecule has 1 saturated heterocycles. The molecule has 0 bridgehead atoms. The van der Waals surface area contributed by atoms with Gasteiger partial charge in [0.2, 0.25) is 5.91 Å². The number of primary amides is 1. The Morgan fingerprint density at radius 2 is 1.95 bits per heavy atom. The van der Waals surface area contributed by atoms with Gasteiger partial charge >= 0.3 is 6.03 Å². The number of furan rings is 1. The molecule has 114 valence electrons. The van der Waals surface area contributed by atoms with E-state index in [-0.39, 0.29) is 5.91 Å². The number of carbonyl (C=O) groups is 3. The lowest BCUT2D eigenvalue weighted by Gasteiger charge is -2.37. The SMILES string of the molecule is C[C@@H](C(=O)NC(N)=O)N1CCN(C(=O)c2ccoc2)CC1. The highest BCUT2D eigenvalue weighted by molar-refractivity contribution is 5.96. The predicted molar refractivity (Wildman–Crippen MR) is 73.4 cm³/mol. The van der Waals surface area contributed by atoms with Crippen LogP contribution in [-0.2, 0) is 4.79 Å². The zero-order valence-electron chi connectivity index (χ0n) is 11.7. The van der Waals surface area contributed by atoms with Gasteiger partial charge in [0.05, 0.1) is 17.9 Å². The highest BCUT2D eigenvalue weighted by Gasteiger charge is 2.28. The third-order valence-corrected chi connectivity index (χ3v) is 3.54. The lowest BCUT2D eigenvalue weighted by molar-refractivity contribution is -0.125. The first-order chi connectivity index (χ1) is 9.99. The predicted octanol–water partition coefficient (Wildman–Crippen LogP) is -0.379. The molecular weight excluding hydrogens is 276 g/mol. The third kappa shape index (κ3) is 3.60. The molecule has 8 heteroatoms. The van der Waals surface area contributed by atoms with Crippen molar-refractivity contribution in [2.75, 3.05) is 26.2 Å². The Balaban J connectivity index is 1.87. The Labute approximate surface area is 121 Å². The molecule has 1 aliphatic rings. The van der Waals surface area contributed by atoms with Crippen molar-refractivity contribution in [1.82, 2.24) is 15.1 Å². The van der Waals surface area contributed by atoms with Gasteiger partial charge in [-0.05, 0) is 13.0 Å². The van der Waals surface area contributed by atoms with Crippen LogP contribution in [0.4, 0.5) is 4.79 Å². The minimum absolute atomic E-state index is 0.0855. The van der Waals surface area contributed by atoms with E-state index in [9.17, 15) is 14.4 Å². The van der Waals surface area contributed by atoms with Crippen molar-refractivity contribution in [2.24, 2.45) is 5.73 Å². The fraction of sp³-hybridized carbons (Fsp3) is 0.462. The fourth-order valence-corrected chi connectivity index (χ4v) is 2.27. The van der Waals surface area contributed by atoms with Crippen LogP contribution in [-0.4, -0.2) is 59.9 Å². The quantitative estimate of drug-likeness (QED) is 0.790. The van der Waals surface area contributed by atoms with Crippen molar-refractivity contribution in [1.29, 1.82) is 0 Å². The molecule has 4 amide bonds. The van der Waals surface area contributed by atoms with Gasteiger partial charge in [-0.1, -0.05) is 0 Å². The Kier molecular flexibility index (Phi) is 4.59. The number of carbonyl (C=O) groups excluding carboxylic acids is 3. The van der Waals surface area contributed by atoms with Crippen LogP contribution in [0.3, 0.4) is 0 Å². The summed E-state index contributed by atoms with van der Waals surface area (Å²) in [6.07, 6.45) is 2.87. The molecule has 1 fully saturated rings. The van der Waals surface area contributed by atoms with Gasteiger partial charge in [-0.3, -0.25) is 19.8 Å². The van der Waals surface area contributed by atoms with Gasteiger partial charge in [0.1, 0.15) is 6.26 Å². The number of rotatable bonds is 3. The van der Waals surface area contributed by atoms with Gasteiger partial charge in [-0.15, -0.1) is 0 Å². The highest BCUT2D eigenvalue weighted by atomic mass is 16.3. The Bertz CT molecular complexity index is 520. The molecule has 2 heterocycles. The van der Waals surface area contributed by atoms with E-state index in [4.69, 9.17) is 10.2 Å². The summed E-state index contributed by atoms with van der Waals surface area (Å²) < 4.78 is 4.90. The zero-order valence-corrected chi connectivity index (χ0v) is 11.7. The smallest absolute Gasteiger partial charge is 0.318 e. The number of nitrogens with two attached hydrogens (primary N) is 1. The van der Waals surface area contributed by atoms with Crippen LogP contribution in [0.25, 0.3) is 0 Å². The van der Waals surface area contributed by atoms with Crippen LogP contribution in [0.1, 0.15) is 17.3 Å². The van der Waals surface area contributed by atoms with Crippen LogP contribution in [0.15, 0.2) is 23.0 Å². The van der Waals surface area contributed by atoms with Crippen molar-refractivity contribution in [3.8, 4) is 0 Å². The Hall–Kier alpha value is -2.35. The number of nitrogens with zero attached hydrogens (tertiary/aromatic N) is 2. The Morgan fingerprint density at radius 1 is 1.29 bits per heavy atom. The number of nitrogens with one attached hydrogen (secondary N) is 1. The summed E-state index contributed by atoms with van der Waals surface area (Å²) in [7, 11) is 0. The molecule has 0 spiro atoms. The summed E-state index contributed by atoms with van der Waals surface area (Å²) in [5.41, 5.74) is 5.44. The van der Waals surface area contributed by atoms with Crippen LogP contribution in [0, 0.1) is 0 Å². The fourth-order valence-electron chi connectivity index (χ4n) is 2.27. The van der Waals surface area contributed by atoms with Crippen LogP contribution >= 0.6 is 0 Å². The number of hydrogen-bond acceptors (Lipinski definition) is 5. The topological polar surface area (TPSA) is 109 Å². The number of piperazine rings is 1. The maximum absolute atomic E-state index is 12.1. The molecule has 1 aromatic heterocycles. The summed E-state index contributed by atoms with van der Waals surface area (Å²) in [6.45, 7) is 3.83. The van der Waals surface area contributed by atoms with Crippen molar-refractivity contribution >= 4 is 17.8 Å². The van der Waals surface area contributed by atoms with E-state index in [2.05, 4.69) is 5.32 Å². The number of hydrogen-bond donors (Lipinski definition) is 2. The van der Waals surface area contributed by atoms with E-state index >= 15 is 0 Å². The molecule has 1 aliphatic heterocycles. The molecule has 21 heavy (non-hydrogen) atoms. The van der Waals surface area contributed by atoms with E-state index < -0.39 is 18.0 Å². The van der Waals surface area contributed by atoms with E-state index in [0.717, 1.165) is 0 Å². The molecule has 0 radical (unpaired) electrons. The van der Waals surface area contributed by atoms with Crippen molar-refractivity contribution in [3.63, 3.8) is 0 Å². The summed E-state index contributed by atoms with van der Waals surface area (Å²) in [5.74, 6) is -0.519. The molecule has 8 nitrogen and oxygen atoms in total. The average Bonchev–Trinajstić information content (AvgIpc) is 2.99. The standard InChI is InChI=1S/C13H18N4O4/c1-9(11(18)15-13(14)20)16-3-5-17(6-4-16)12(19)10-2-7-21-8-10/h2,7-9H,3-6H2,1H3,(H3,14,15,18,20)/t9-/m0/s1. The van der Waals surface area contributed by atoms with Gasteiger partial charge in [0, 0.05) is 26.2 Å². The molecule has 1 atom stereocenters. The highest BCUT2D eigenvalue weighted by Crippen LogP contribution is 2.11. The first kappa shape index (κ1) is 15.0. The van der Waals surface area contributed by atoms with Gasteiger partial charge in [0.25, 0.3) is 5.91 Å². The maximum atomic E-state index is 12.1. The number of urea groups is 1. The lowest BCUT2D eigenvalue weighted by atomic mass is 10.2. The minimum atomic E-state index is -0.861. The van der Waals surface area contributed by atoms with E-state index in [1.807, 2.05) is 4.90 Å². The lowest BCUT2D eigenvalue weighted by Crippen LogP contribution is -2.55. The van der Waals surface area contributed by atoms with Gasteiger partial charge in [0.15, 0.2) is 0 Å². The van der Waals surface area contributed by atoms with E-state index in [1.54, 1.807) is 17.9 Å². The van der Waals surface area contributed by atoms with Gasteiger partial charge < -0.3 is 15.1 Å². The first-order valence-electron chi connectivity index (χ1n) is 6.65. The van der Waals surface area contributed by atoms with Gasteiger partial charge in [-0.2, -0.15) is 0 Å². The molecular formula is C13H18N4O4.